The molecule has 0 bridgehead atoms. The molecule has 5 heteroatoms. The summed E-state index contributed by atoms with van der Waals surface area (Å²) in [7, 11) is 0. The van der Waals surface area contributed by atoms with E-state index in [1.807, 2.05) is 18.4 Å². The summed E-state index contributed by atoms with van der Waals surface area (Å²) in [4.78, 5) is 16.7. The quantitative estimate of drug-likeness (QED) is 0.867. The second kappa shape index (κ2) is 5.38. The standard InChI is InChI=1S/C16H13FN2OS/c1-9-8-21-16(19-9)14(7-18)15(20)13-6-12(13)10-3-2-4-11(17)5-10/h2-5,8,12-14H,6H2,1H3. The third kappa shape index (κ3) is 2.72. The molecule has 3 rings (SSSR count). The number of Topliss-reactive ketones (excluding diaryl/α,β-unsaturated/α-hetero) is 1. The number of nitrogens with zero attached hydrogens (tertiary/aromatic N) is 2. The molecular weight excluding hydrogens is 287 g/mol. The average Bonchev–Trinajstić information content (AvgIpc) is 3.16. The summed E-state index contributed by atoms with van der Waals surface area (Å²) < 4.78 is 13.2. The Balaban J connectivity index is 1.76. The number of halogens is 1. The number of aryl methyl sites for hydroxylation is 1. The molecule has 1 fully saturated rings. The molecular formula is C16H13FN2OS. The van der Waals surface area contributed by atoms with Gasteiger partial charge in [0.05, 0.1) is 6.07 Å². The maximum Gasteiger partial charge on any atom is 0.160 e. The summed E-state index contributed by atoms with van der Waals surface area (Å²) in [5.41, 5.74) is 1.65. The zero-order valence-electron chi connectivity index (χ0n) is 11.4. The molecule has 3 unspecified atom stereocenters. The number of rotatable bonds is 4. The number of thiazole rings is 1. The number of aromatic nitrogens is 1. The van der Waals surface area contributed by atoms with Gasteiger partial charge < -0.3 is 0 Å². The van der Waals surface area contributed by atoms with Crippen LogP contribution in [0, 0.1) is 30.0 Å². The molecule has 0 spiro atoms. The van der Waals surface area contributed by atoms with Crippen molar-refractivity contribution in [1.82, 2.24) is 4.98 Å². The topological polar surface area (TPSA) is 53.8 Å². The van der Waals surface area contributed by atoms with Gasteiger partial charge in [0.1, 0.15) is 10.8 Å². The van der Waals surface area contributed by atoms with Gasteiger partial charge >= 0.3 is 0 Å². The lowest BCUT2D eigenvalue weighted by Gasteiger charge is -2.05. The number of nitriles is 1. The average molecular weight is 300 g/mol. The number of ketones is 1. The summed E-state index contributed by atoms with van der Waals surface area (Å²) in [6, 6.07) is 8.39. The molecule has 0 N–H and O–H groups in total. The summed E-state index contributed by atoms with van der Waals surface area (Å²) >= 11 is 1.34. The molecule has 3 nitrogen and oxygen atoms in total. The zero-order chi connectivity index (χ0) is 15.0. The molecule has 0 aliphatic heterocycles. The Hall–Kier alpha value is -2.06. The van der Waals surface area contributed by atoms with Crippen LogP contribution < -0.4 is 0 Å². The number of hydrogen-bond acceptors (Lipinski definition) is 4. The van der Waals surface area contributed by atoms with Crippen molar-refractivity contribution in [2.45, 2.75) is 25.2 Å². The maximum atomic E-state index is 13.2. The molecule has 1 heterocycles. The van der Waals surface area contributed by atoms with Crippen molar-refractivity contribution in [2.75, 3.05) is 0 Å². The number of hydrogen-bond donors (Lipinski definition) is 0. The third-order valence-electron chi connectivity index (χ3n) is 3.73. The van der Waals surface area contributed by atoms with Gasteiger partial charge in [-0.3, -0.25) is 4.79 Å². The van der Waals surface area contributed by atoms with Gasteiger partial charge in [0.25, 0.3) is 0 Å². The van der Waals surface area contributed by atoms with Gasteiger partial charge in [-0.1, -0.05) is 12.1 Å². The van der Waals surface area contributed by atoms with Gasteiger partial charge in [-0.05, 0) is 37.0 Å². The van der Waals surface area contributed by atoms with Crippen molar-refractivity contribution < 1.29 is 9.18 Å². The van der Waals surface area contributed by atoms with Crippen LogP contribution in [0.5, 0.6) is 0 Å². The van der Waals surface area contributed by atoms with Crippen LogP contribution in [0.3, 0.4) is 0 Å². The molecule has 3 atom stereocenters. The van der Waals surface area contributed by atoms with Gasteiger partial charge in [0.2, 0.25) is 0 Å². The van der Waals surface area contributed by atoms with Crippen LogP contribution in [0.1, 0.15) is 34.5 Å². The van der Waals surface area contributed by atoms with E-state index in [2.05, 4.69) is 11.1 Å². The normalized spacial score (nSPS) is 21.6. The van der Waals surface area contributed by atoms with E-state index in [1.165, 1.54) is 23.5 Å². The van der Waals surface area contributed by atoms with E-state index >= 15 is 0 Å². The van der Waals surface area contributed by atoms with E-state index in [0.717, 1.165) is 11.3 Å². The van der Waals surface area contributed by atoms with E-state index in [9.17, 15) is 14.4 Å². The van der Waals surface area contributed by atoms with E-state index in [4.69, 9.17) is 0 Å². The molecule has 1 aliphatic rings. The van der Waals surface area contributed by atoms with Gasteiger partial charge in [-0.25, -0.2) is 9.37 Å². The molecule has 0 saturated heterocycles. The highest BCUT2D eigenvalue weighted by molar-refractivity contribution is 7.09. The highest BCUT2D eigenvalue weighted by Gasteiger charge is 2.47. The van der Waals surface area contributed by atoms with Crippen molar-refractivity contribution in [3.05, 3.63) is 51.7 Å². The Bertz CT molecular complexity index is 734. The summed E-state index contributed by atoms with van der Waals surface area (Å²) in [6.07, 6.45) is 0.685. The zero-order valence-corrected chi connectivity index (χ0v) is 12.2. The first kappa shape index (κ1) is 13.9. The smallest absolute Gasteiger partial charge is 0.160 e. The number of carbonyl (C=O) groups is 1. The minimum atomic E-state index is -0.799. The van der Waals surface area contributed by atoms with E-state index in [0.29, 0.717) is 11.4 Å². The highest BCUT2D eigenvalue weighted by Crippen LogP contribution is 2.50. The van der Waals surface area contributed by atoms with Crippen LogP contribution in [0.15, 0.2) is 29.6 Å². The third-order valence-corrected chi connectivity index (χ3v) is 4.76. The summed E-state index contributed by atoms with van der Waals surface area (Å²) in [5.74, 6) is -1.35. The van der Waals surface area contributed by atoms with E-state index in [1.54, 1.807) is 6.07 Å². The Morgan fingerprint density at radius 2 is 2.38 bits per heavy atom. The first-order chi connectivity index (χ1) is 10.1. The lowest BCUT2D eigenvalue weighted by atomic mass is 9.99. The van der Waals surface area contributed by atoms with Crippen molar-refractivity contribution in [3.8, 4) is 6.07 Å². The Kier molecular flexibility index (Phi) is 3.56. The summed E-state index contributed by atoms with van der Waals surface area (Å²) in [6.45, 7) is 1.84. The highest BCUT2D eigenvalue weighted by atomic mass is 32.1. The van der Waals surface area contributed by atoms with E-state index in [-0.39, 0.29) is 23.4 Å². The fourth-order valence-corrected chi connectivity index (χ4v) is 3.42. The summed E-state index contributed by atoms with van der Waals surface area (Å²) in [5, 5.41) is 11.7. The van der Waals surface area contributed by atoms with Crippen LogP contribution in [0.2, 0.25) is 0 Å². The molecule has 1 saturated carbocycles. The van der Waals surface area contributed by atoms with Gasteiger partial charge in [0.15, 0.2) is 11.7 Å². The van der Waals surface area contributed by atoms with Crippen molar-refractivity contribution in [2.24, 2.45) is 5.92 Å². The maximum absolute atomic E-state index is 13.2. The fourth-order valence-electron chi connectivity index (χ4n) is 2.57. The number of carbonyl (C=O) groups excluding carboxylic acids is 1. The van der Waals surface area contributed by atoms with Gasteiger partial charge in [0, 0.05) is 17.0 Å². The molecule has 2 aromatic rings. The van der Waals surface area contributed by atoms with Gasteiger partial charge in [-0.15, -0.1) is 11.3 Å². The lowest BCUT2D eigenvalue weighted by molar-refractivity contribution is -0.120. The Morgan fingerprint density at radius 3 is 3.00 bits per heavy atom. The van der Waals surface area contributed by atoms with Crippen LogP contribution in [0.25, 0.3) is 0 Å². The van der Waals surface area contributed by atoms with Crippen LogP contribution >= 0.6 is 11.3 Å². The molecule has 1 aliphatic carbocycles. The second-order valence-electron chi connectivity index (χ2n) is 5.30. The van der Waals surface area contributed by atoms with Crippen LogP contribution in [-0.2, 0) is 4.79 Å². The lowest BCUT2D eigenvalue weighted by Crippen LogP contribution is -2.13. The SMILES string of the molecule is Cc1csc(C(C#N)C(=O)C2CC2c2cccc(F)c2)n1. The predicted molar refractivity (Wildman–Crippen MR) is 77.5 cm³/mol. The fraction of sp³-hybridized carbons (Fsp3) is 0.312. The molecule has 0 radical (unpaired) electrons. The Morgan fingerprint density at radius 1 is 1.57 bits per heavy atom. The minimum absolute atomic E-state index is 0.0325. The number of benzene rings is 1. The first-order valence-corrected chi connectivity index (χ1v) is 7.59. The van der Waals surface area contributed by atoms with Crippen molar-refractivity contribution in [1.29, 1.82) is 5.26 Å². The largest absolute Gasteiger partial charge is 0.297 e. The second-order valence-corrected chi connectivity index (χ2v) is 6.18. The molecule has 21 heavy (non-hydrogen) atoms. The minimum Gasteiger partial charge on any atom is -0.297 e. The van der Waals surface area contributed by atoms with Crippen molar-refractivity contribution >= 4 is 17.1 Å². The van der Waals surface area contributed by atoms with Crippen molar-refractivity contribution in [3.63, 3.8) is 0 Å². The molecule has 0 amide bonds. The van der Waals surface area contributed by atoms with Crippen LogP contribution in [-0.4, -0.2) is 10.8 Å². The monoisotopic (exact) mass is 300 g/mol. The van der Waals surface area contributed by atoms with E-state index < -0.39 is 5.92 Å². The van der Waals surface area contributed by atoms with Crippen LogP contribution in [0.4, 0.5) is 4.39 Å². The predicted octanol–water partition coefficient (Wildman–Crippen LogP) is 3.57. The molecule has 106 valence electrons. The molecule has 1 aromatic heterocycles. The first-order valence-electron chi connectivity index (χ1n) is 6.71. The Labute approximate surface area is 126 Å². The van der Waals surface area contributed by atoms with Gasteiger partial charge in [-0.2, -0.15) is 5.26 Å². The molecule has 1 aromatic carbocycles.